The third-order valence-corrected chi connectivity index (χ3v) is 2.77. The maximum Gasteiger partial charge on any atom is 0.210 e. The van der Waals surface area contributed by atoms with E-state index in [9.17, 15) is 8.42 Å². The lowest BCUT2D eigenvalue weighted by Crippen LogP contribution is -2.22. The van der Waals surface area contributed by atoms with Gasteiger partial charge in [-0.2, -0.15) is 0 Å². The maximum absolute atomic E-state index is 10.7. The van der Waals surface area contributed by atoms with Gasteiger partial charge in [0, 0.05) is 13.1 Å². The summed E-state index contributed by atoms with van der Waals surface area (Å²) in [6.45, 7) is 3.18. The Balaban J connectivity index is 2.48. The van der Waals surface area contributed by atoms with Crippen molar-refractivity contribution in [2.24, 2.45) is 5.14 Å². The highest BCUT2D eigenvalue weighted by molar-refractivity contribution is 7.89. The summed E-state index contributed by atoms with van der Waals surface area (Å²) in [5.41, 5.74) is 0. The van der Waals surface area contributed by atoms with Gasteiger partial charge < -0.3 is 10.6 Å². The zero-order chi connectivity index (χ0) is 12.7. The number of rotatable bonds is 7. The molecule has 0 unspecified atom stereocenters. The van der Waals surface area contributed by atoms with Crippen LogP contribution in [0, 0.1) is 0 Å². The van der Waals surface area contributed by atoms with E-state index in [1.54, 1.807) is 6.07 Å². The first-order chi connectivity index (χ1) is 8.01. The largest absolute Gasteiger partial charge is 0.370 e. The van der Waals surface area contributed by atoms with Crippen LogP contribution in [-0.2, 0) is 10.0 Å². The van der Waals surface area contributed by atoms with E-state index in [-0.39, 0.29) is 12.3 Å². The van der Waals surface area contributed by atoms with Crippen LogP contribution in [0.3, 0.4) is 0 Å². The molecule has 1 aromatic heterocycles. The van der Waals surface area contributed by atoms with Crippen molar-refractivity contribution in [1.29, 1.82) is 0 Å². The fourth-order valence-electron chi connectivity index (χ4n) is 1.21. The molecule has 17 heavy (non-hydrogen) atoms. The fraction of sp³-hybridized carbons (Fsp3) is 0.500. The number of pyridine rings is 1. The predicted octanol–water partition coefficient (Wildman–Crippen LogP) is 0.604. The Kier molecular flexibility index (Phi) is 5.17. The standard InChI is InChI=1S/C10H18N4O2S/c1-2-6-12-9-4-3-5-10(14-9)13-7-8-17(11,15)16/h3-5H,2,6-8H2,1H3,(H2,11,15,16)(H2,12,13,14). The molecule has 4 N–H and O–H groups in total. The second-order valence-electron chi connectivity index (χ2n) is 3.63. The van der Waals surface area contributed by atoms with E-state index in [0.29, 0.717) is 5.82 Å². The fourth-order valence-corrected chi connectivity index (χ4v) is 1.59. The van der Waals surface area contributed by atoms with Crippen molar-refractivity contribution >= 4 is 21.7 Å². The number of hydrogen-bond acceptors (Lipinski definition) is 5. The third kappa shape index (κ3) is 6.08. The van der Waals surface area contributed by atoms with Crippen LogP contribution >= 0.6 is 0 Å². The van der Waals surface area contributed by atoms with Crippen LogP contribution in [0.1, 0.15) is 13.3 Å². The predicted molar refractivity (Wildman–Crippen MR) is 69.5 cm³/mol. The number of nitrogens with one attached hydrogen (secondary N) is 2. The van der Waals surface area contributed by atoms with Gasteiger partial charge >= 0.3 is 0 Å². The number of anilines is 2. The van der Waals surface area contributed by atoms with Crippen molar-refractivity contribution in [1.82, 2.24) is 4.98 Å². The molecule has 96 valence electrons. The van der Waals surface area contributed by atoms with Crippen LogP contribution in [0.25, 0.3) is 0 Å². The van der Waals surface area contributed by atoms with Gasteiger partial charge in [-0.05, 0) is 18.6 Å². The molecule has 0 aromatic carbocycles. The lowest BCUT2D eigenvalue weighted by atomic mass is 10.4. The molecular formula is C10H18N4O2S. The van der Waals surface area contributed by atoms with Gasteiger partial charge in [0.2, 0.25) is 10.0 Å². The molecule has 0 amide bonds. The average Bonchev–Trinajstić information content (AvgIpc) is 2.25. The SMILES string of the molecule is CCCNc1cccc(NCCS(N)(=O)=O)n1. The minimum atomic E-state index is -3.42. The van der Waals surface area contributed by atoms with E-state index < -0.39 is 10.0 Å². The van der Waals surface area contributed by atoms with Crippen LogP contribution in [0.4, 0.5) is 11.6 Å². The Hall–Kier alpha value is -1.34. The van der Waals surface area contributed by atoms with E-state index in [2.05, 4.69) is 22.5 Å². The van der Waals surface area contributed by atoms with Crippen molar-refractivity contribution in [3.63, 3.8) is 0 Å². The van der Waals surface area contributed by atoms with Crippen molar-refractivity contribution in [2.45, 2.75) is 13.3 Å². The van der Waals surface area contributed by atoms with Crippen LogP contribution in [0.2, 0.25) is 0 Å². The molecule has 0 aliphatic rings. The van der Waals surface area contributed by atoms with E-state index in [0.717, 1.165) is 18.8 Å². The zero-order valence-corrected chi connectivity index (χ0v) is 10.6. The summed E-state index contributed by atoms with van der Waals surface area (Å²) in [4.78, 5) is 4.27. The molecule has 1 aromatic rings. The summed E-state index contributed by atoms with van der Waals surface area (Å²) in [6, 6.07) is 5.49. The summed E-state index contributed by atoms with van der Waals surface area (Å²) in [6.07, 6.45) is 1.02. The lowest BCUT2D eigenvalue weighted by Gasteiger charge is -2.07. The van der Waals surface area contributed by atoms with Gasteiger partial charge in [-0.1, -0.05) is 13.0 Å². The van der Waals surface area contributed by atoms with E-state index in [1.807, 2.05) is 12.1 Å². The molecule has 0 aliphatic heterocycles. The molecule has 0 saturated carbocycles. The Morgan fingerprint density at radius 1 is 1.24 bits per heavy atom. The summed E-state index contributed by atoms with van der Waals surface area (Å²) in [5, 5.41) is 10.9. The molecule has 0 radical (unpaired) electrons. The van der Waals surface area contributed by atoms with Gasteiger partial charge in [0.25, 0.3) is 0 Å². The van der Waals surface area contributed by atoms with Gasteiger partial charge in [0.1, 0.15) is 11.6 Å². The first-order valence-electron chi connectivity index (χ1n) is 5.46. The lowest BCUT2D eigenvalue weighted by molar-refractivity contribution is 0.598. The van der Waals surface area contributed by atoms with Crippen molar-refractivity contribution in [3.8, 4) is 0 Å². The average molecular weight is 258 g/mol. The number of primary sulfonamides is 1. The number of sulfonamides is 1. The van der Waals surface area contributed by atoms with E-state index in [4.69, 9.17) is 5.14 Å². The topological polar surface area (TPSA) is 97.1 Å². The molecule has 7 heteroatoms. The molecule has 0 fully saturated rings. The highest BCUT2D eigenvalue weighted by atomic mass is 32.2. The maximum atomic E-state index is 10.7. The molecule has 1 heterocycles. The smallest absolute Gasteiger partial charge is 0.210 e. The number of hydrogen-bond donors (Lipinski definition) is 3. The second-order valence-corrected chi connectivity index (χ2v) is 5.36. The van der Waals surface area contributed by atoms with Crippen LogP contribution in [0.15, 0.2) is 18.2 Å². The number of nitrogens with two attached hydrogens (primary N) is 1. The zero-order valence-electron chi connectivity index (χ0n) is 9.81. The van der Waals surface area contributed by atoms with Gasteiger partial charge in [-0.15, -0.1) is 0 Å². The van der Waals surface area contributed by atoms with E-state index >= 15 is 0 Å². The molecular weight excluding hydrogens is 240 g/mol. The second kappa shape index (κ2) is 6.41. The molecule has 0 saturated heterocycles. The Morgan fingerprint density at radius 2 is 1.82 bits per heavy atom. The van der Waals surface area contributed by atoms with Crippen molar-refractivity contribution in [2.75, 3.05) is 29.5 Å². The summed E-state index contributed by atoms with van der Waals surface area (Å²) >= 11 is 0. The van der Waals surface area contributed by atoms with E-state index in [1.165, 1.54) is 0 Å². The Bertz CT molecular complexity index is 447. The van der Waals surface area contributed by atoms with Crippen LogP contribution in [-0.4, -0.2) is 32.2 Å². The first-order valence-corrected chi connectivity index (χ1v) is 7.18. The molecule has 0 spiro atoms. The third-order valence-electron chi connectivity index (χ3n) is 2.00. The number of nitrogens with zero attached hydrogens (tertiary/aromatic N) is 1. The summed E-state index contributed by atoms with van der Waals surface area (Å²) < 4.78 is 21.5. The quantitative estimate of drug-likeness (QED) is 0.665. The minimum absolute atomic E-state index is 0.110. The molecule has 1 rings (SSSR count). The van der Waals surface area contributed by atoms with Gasteiger partial charge in [0.15, 0.2) is 0 Å². The van der Waals surface area contributed by atoms with Gasteiger partial charge in [0.05, 0.1) is 5.75 Å². The highest BCUT2D eigenvalue weighted by Crippen LogP contribution is 2.08. The van der Waals surface area contributed by atoms with Crippen LogP contribution in [0.5, 0.6) is 0 Å². The van der Waals surface area contributed by atoms with Gasteiger partial charge in [-0.25, -0.2) is 18.5 Å². The molecule has 0 aliphatic carbocycles. The molecule has 0 bridgehead atoms. The monoisotopic (exact) mass is 258 g/mol. The van der Waals surface area contributed by atoms with Crippen molar-refractivity contribution < 1.29 is 8.42 Å². The normalized spacial score (nSPS) is 11.2. The minimum Gasteiger partial charge on any atom is -0.370 e. The highest BCUT2D eigenvalue weighted by Gasteiger charge is 2.02. The molecule has 6 nitrogen and oxygen atoms in total. The summed E-state index contributed by atoms with van der Waals surface area (Å²) in [7, 11) is -3.42. The Morgan fingerprint density at radius 3 is 2.35 bits per heavy atom. The Labute approximate surface area is 102 Å². The first kappa shape index (κ1) is 13.7. The van der Waals surface area contributed by atoms with Crippen LogP contribution < -0.4 is 15.8 Å². The van der Waals surface area contributed by atoms with Gasteiger partial charge in [-0.3, -0.25) is 0 Å². The molecule has 0 atom stereocenters. The summed E-state index contributed by atoms with van der Waals surface area (Å²) in [5.74, 6) is 1.29. The van der Waals surface area contributed by atoms with Crippen molar-refractivity contribution in [3.05, 3.63) is 18.2 Å². The number of aromatic nitrogens is 1.